The van der Waals surface area contributed by atoms with Crippen LogP contribution in [0.3, 0.4) is 0 Å². The zero-order chi connectivity index (χ0) is 27.4. The van der Waals surface area contributed by atoms with Crippen molar-refractivity contribution in [3.8, 4) is 0 Å². The Kier molecular flexibility index (Phi) is 9.24. The molecule has 3 N–H and O–H groups in total. The van der Waals surface area contributed by atoms with E-state index in [1.165, 1.54) is 19.1 Å². The molecule has 3 rings (SSSR count). The van der Waals surface area contributed by atoms with Gasteiger partial charge in [0.1, 0.15) is 11.6 Å². The highest BCUT2D eigenvalue weighted by Crippen LogP contribution is 2.39. The quantitative estimate of drug-likeness (QED) is 0.396. The van der Waals surface area contributed by atoms with Crippen LogP contribution in [0.4, 0.5) is 8.78 Å². The Morgan fingerprint density at radius 3 is 2.14 bits per heavy atom. The van der Waals surface area contributed by atoms with Gasteiger partial charge in [-0.25, -0.2) is 8.78 Å². The van der Waals surface area contributed by atoms with Crippen LogP contribution in [0, 0.1) is 11.6 Å². The fraction of sp³-hybridized carbons (Fsp3) is 0.533. The number of ketones is 1. The average molecular weight is 515 g/mol. The fourth-order valence-electron chi connectivity index (χ4n) is 5.23. The molecular weight excluding hydrogens is 474 g/mol. The van der Waals surface area contributed by atoms with Crippen LogP contribution in [0.15, 0.2) is 36.4 Å². The summed E-state index contributed by atoms with van der Waals surface area (Å²) in [5, 5.41) is 17.5. The van der Waals surface area contributed by atoms with Gasteiger partial charge in [-0.2, -0.15) is 0 Å². The first kappa shape index (κ1) is 28.9. The van der Waals surface area contributed by atoms with Gasteiger partial charge in [0.15, 0.2) is 5.78 Å². The summed E-state index contributed by atoms with van der Waals surface area (Å²) >= 11 is 0. The van der Waals surface area contributed by atoms with Crippen LogP contribution in [0.2, 0.25) is 0 Å². The van der Waals surface area contributed by atoms with Crippen LogP contribution >= 0.6 is 0 Å². The minimum absolute atomic E-state index is 0.00592. The Morgan fingerprint density at radius 2 is 1.59 bits per heavy atom. The Labute approximate surface area is 219 Å². The molecule has 37 heavy (non-hydrogen) atoms. The number of halogens is 2. The largest absolute Gasteiger partial charge is 0.390 e. The summed E-state index contributed by atoms with van der Waals surface area (Å²) in [7, 11) is 0. The lowest BCUT2D eigenvalue weighted by molar-refractivity contribution is -0.120. The van der Waals surface area contributed by atoms with Gasteiger partial charge >= 0.3 is 0 Å². The number of carbonyl (C=O) groups is 2. The summed E-state index contributed by atoms with van der Waals surface area (Å²) in [5.41, 5.74) is 2.54. The van der Waals surface area contributed by atoms with Crippen molar-refractivity contribution < 1.29 is 23.5 Å². The Hall–Kier alpha value is -2.64. The van der Waals surface area contributed by atoms with Gasteiger partial charge in [0, 0.05) is 30.6 Å². The summed E-state index contributed by atoms with van der Waals surface area (Å²) in [6, 6.07) is 8.57. The molecule has 2 aromatic rings. The van der Waals surface area contributed by atoms with E-state index in [9.17, 15) is 23.5 Å². The zero-order valence-corrected chi connectivity index (χ0v) is 22.6. The molecule has 1 saturated carbocycles. The molecule has 1 aliphatic carbocycles. The van der Waals surface area contributed by atoms with Gasteiger partial charge in [0.2, 0.25) is 5.91 Å². The topological polar surface area (TPSA) is 78.4 Å². The summed E-state index contributed by atoms with van der Waals surface area (Å²) in [5.74, 6) is -1.74. The predicted molar refractivity (Wildman–Crippen MR) is 142 cm³/mol. The Balaban J connectivity index is 1.90. The number of nitrogens with one attached hydrogen (secondary N) is 2. The van der Waals surface area contributed by atoms with Crippen molar-refractivity contribution in [1.29, 1.82) is 0 Å². The third kappa shape index (κ3) is 7.68. The summed E-state index contributed by atoms with van der Waals surface area (Å²) < 4.78 is 27.5. The summed E-state index contributed by atoms with van der Waals surface area (Å²) in [6.45, 7) is 9.45. The van der Waals surface area contributed by atoms with Gasteiger partial charge in [-0.15, -0.1) is 0 Å². The molecule has 0 bridgehead atoms. The molecule has 0 saturated heterocycles. The highest BCUT2D eigenvalue weighted by Gasteiger charge is 2.36. The van der Waals surface area contributed by atoms with E-state index < -0.39 is 29.3 Å². The van der Waals surface area contributed by atoms with Gasteiger partial charge in [0.25, 0.3) is 0 Å². The number of amides is 1. The number of aliphatic hydroxyl groups excluding tert-OH is 1. The standard InChI is InChI=1S/C30H40F2N2O3/c1-19(35)22-14-23(29(3,4)5)16-24(15-22)30(9-7-6-8-10-30)33-18-28(37)27(34-20(2)36)13-21-11-25(31)17-26(32)12-21/h11-12,14-17,27-28,33,37H,6-10,13,18H2,1-5H3,(H,34,36)/t27-,28+/m0/s1. The van der Waals surface area contributed by atoms with Crippen LogP contribution in [-0.2, 0) is 22.2 Å². The molecule has 7 heteroatoms. The highest BCUT2D eigenvalue weighted by molar-refractivity contribution is 5.94. The number of carbonyl (C=O) groups excluding carboxylic acids is 2. The van der Waals surface area contributed by atoms with Gasteiger partial charge < -0.3 is 15.7 Å². The average Bonchev–Trinajstić information content (AvgIpc) is 2.81. The lowest BCUT2D eigenvalue weighted by atomic mass is 9.73. The molecule has 1 fully saturated rings. The van der Waals surface area contributed by atoms with Gasteiger partial charge in [0.05, 0.1) is 12.1 Å². The van der Waals surface area contributed by atoms with Crippen LogP contribution < -0.4 is 10.6 Å². The lowest BCUT2D eigenvalue weighted by Gasteiger charge is -2.41. The maximum atomic E-state index is 13.8. The maximum Gasteiger partial charge on any atom is 0.217 e. The Bertz CT molecular complexity index is 1100. The number of rotatable bonds is 9. The number of benzene rings is 2. The molecule has 0 aromatic heterocycles. The van der Waals surface area contributed by atoms with E-state index in [1.54, 1.807) is 6.92 Å². The molecule has 1 amide bonds. The second-order valence-corrected chi connectivity index (χ2v) is 11.5. The van der Waals surface area contributed by atoms with Crippen LogP contribution in [-0.4, -0.2) is 35.5 Å². The molecule has 202 valence electrons. The lowest BCUT2D eigenvalue weighted by Crippen LogP contribution is -2.53. The first-order chi connectivity index (χ1) is 17.3. The first-order valence-corrected chi connectivity index (χ1v) is 13.1. The molecule has 0 radical (unpaired) electrons. The van der Waals surface area contributed by atoms with Crippen molar-refractivity contribution in [1.82, 2.24) is 10.6 Å². The monoisotopic (exact) mass is 514 g/mol. The molecule has 1 aliphatic rings. The molecule has 0 unspecified atom stereocenters. The van der Waals surface area contributed by atoms with Gasteiger partial charge in [-0.3, -0.25) is 9.59 Å². The van der Waals surface area contributed by atoms with E-state index in [4.69, 9.17) is 0 Å². The van der Waals surface area contributed by atoms with E-state index in [2.05, 4.69) is 37.5 Å². The van der Waals surface area contributed by atoms with E-state index >= 15 is 0 Å². The van der Waals surface area contributed by atoms with Crippen molar-refractivity contribution in [2.45, 2.75) is 96.2 Å². The summed E-state index contributed by atoms with van der Waals surface area (Å²) in [6.07, 6.45) is 3.91. The molecule has 2 aromatic carbocycles. The number of hydrogen-bond acceptors (Lipinski definition) is 4. The van der Waals surface area contributed by atoms with E-state index in [1.807, 2.05) is 12.1 Å². The normalized spacial score (nSPS) is 17.2. The van der Waals surface area contributed by atoms with E-state index in [0.29, 0.717) is 11.1 Å². The number of hydrogen-bond donors (Lipinski definition) is 3. The molecule has 2 atom stereocenters. The molecule has 5 nitrogen and oxygen atoms in total. The van der Waals surface area contributed by atoms with Crippen LogP contribution in [0.5, 0.6) is 0 Å². The molecule has 0 aliphatic heterocycles. The van der Waals surface area contributed by atoms with Gasteiger partial charge in [-0.05, 0) is 72.6 Å². The van der Waals surface area contributed by atoms with Crippen molar-refractivity contribution in [2.75, 3.05) is 6.54 Å². The third-order valence-electron chi connectivity index (χ3n) is 7.35. The van der Waals surface area contributed by atoms with Crippen molar-refractivity contribution >= 4 is 11.7 Å². The molecular formula is C30H40F2N2O3. The van der Waals surface area contributed by atoms with Crippen molar-refractivity contribution in [2.24, 2.45) is 0 Å². The Morgan fingerprint density at radius 1 is 0.973 bits per heavy atom. The summed E-state index contributed by atoms with van der Waals surface area (Å²) in [4.78, 5) is 24.3. The minimum atomic E-state index is -1.01. The highest BCUT2D eigenvalue weighted by atomic mass is 19.1. The van der Waals surface area contributed by atoms with Crippen LogP contribution in [0.1, 0.15) is 93.8 Å². The first-order valence-electron chi connectivity index (χ1n) is 13.1. The van der Waals surface area contributed by atoms with E-state index in [0.717, 1.165) is 49.3 Å². The zero-order valence-electron chi connectivity index (χ0n) is 22.6. The SMILES string of the molecule is CC(=O)N[C@@H](Cc1cc(F)cc(F)c1)[C@H](O)CNC1(c2cc(C(C)=O)cc(C(C)(C)C)c2)CCCCC1. The van der Waals surface area contributed by atoms with E-state index in [-0.39, 0.29) is 30.1 Å². The second kappa shape index (κ2) is 11.8. The van der Waals surface area contributed by atoms with Crippen LogP contribution in [0.25, 0.3) is 0 Å². The molecule has 0 spiro atoms. The smallest absolute Gasteiger partial charge is 0.217 e. The third-order valence-corrected chi connectivity index (χ3v) is 7.35. The molecule has 0 heterocycles. The minimum Gasteiger partial charge on any atom is -0.390 e. The van der Waals surface area contributed by atoms with Gasteiger partial charge in [-0.1, -0.05) is 46.1 Å². The fourth-order valence-corrected chi connectivity index (χ4v) is 5.23. The number of aliphatic hydroxyl groups is 1. The second-order valence-electron chi connectivity index (χ2n) is 11.5. The number of Topliss-reactive ketones (excluding diaryl/α,β-unsaturated/α-hetero) is 1. The maximum absolute atomic E-state index is 13.8. The van der Waals surface area contributed by atoms with Crippen molar-refractivity contribution in [3.63, 3.8) is 0 Å². The van der Waals surface area contributed by atoms with Crippen molar-refractivity contribution in [3.05, 3.63) is 70.3 Å². The predicted octanol–water partition coefficient (Wildman–Crippen LogP) is 5.32.